The van der Waals surface area contributed by atoms with Gasteiger partial charge >= 0.3 is 6.61 Å². The fourth-order valence-electron chi connectivity index (χ4n) is 3.13. The summed E-state index contributed by atoms with van der Waals surface area (Å²) in [5.41, 5.74) is 7.97. The van der Waals surface area contributed by atoms with Gasteiger partial charge in [0.1, 0.15) is 11.3 Å². The Kier molecular flexibility index (Phi) is 4.81. The second kappa shape index (κ2) is 7.04. The molecule has 0 saturated heterocycles. The lowest BCUT2D eigenvalue weighted by Crippen LogP contribution is -2.34. The summed E-state index contributed by atoms with van der Waals surface area (Å²) in [6, 6.07) is 14.3. The van der Waals surface area contributed by atoms with Crippen molar-refractivity contribution >= 4 is 5.96 Å². The van der Waals surface area contributed by atoms with E-state index in [1.165, 1.54) is 12.1 Å². The van der Waals surface area contributed by atoms with Crippen LogP contribution in [0, 0.1) is 11.8 Å². The molecule has 26 heavy (non-hydrogen) atoms. The molecule has 1 atom stereocenters. The van der Waals surface area contributed by atoms with E-state index in [4.69, 9.17) is 10.7 Å². The molecule has 134 valence electrons. The first-order chi connectivity index (χ1) is 12.4. The average molecular weight is 355 g/mol. The molecule has 0 amide bonds. The number of hydrogen-bond donors (Lipinski definition) is 1. The van der Waals surface area contributed by atoms with Gasteiger partial charge in [0.05, 0.1) is 6.54 Å². The van der Waals surface area contributed by atoms with Crippen LogP contribution < -0.4 is 10.5 Å². The molecule has 6 heteroatoms. The Bertz CT molecular complexity index is 884. The van der Waals surface area contributed by atoms with E-state index in [0.29, 0.717) is 12.5 Å². The third-order valence-electron chi connectivity index (χ3n) is 4.33. The standard InChI is InChI=1S/C20H19F2N3O/c1-3-5-14-6-4-7-16(12-14)20(13-25(2)19(23)24-20)15-8-10-17(11-9-15)26-18(21)22/h4,6-12,18H,13H2,1-2H3,(H2,23,24). The van der Waals surface area contributed by atoms with Crippen LogP contribution in [0.3, 0.4) is 0 Å². The molecule has 1 unspecified atom stereocenters. The summed E-state index contributed by atoms with van der Waals surface area (Å²) in [6.07, 6.45) is 0. The quantitative estimate of drug-likeness (QED) is 0.857. The summed E-state index contributed by atoms with van der Waals surface area (Å²) in [7, 11) is 1.87. The normalized spacial score (nSPS) is 19.1. The maximum atomic E-state index is 12.4. The third kappa shape index (κ3) is 3.33. The zero-order valence-electron chi connectivity index (χ0n) is 14.5. The summed E-state index contributed by atoms with van der Waals surface area (Å²) >= 11 is 0. The first-order valence-corrected chi connectivity index (χ1v) is 8.10. The highest BCUT2D eigenvalue weighted by Crippen LogP contribution is 2.39. The highest BCUT2D eigenvalue weighted by atomic mass is 19.3. The van der Waals surface area contributed by atoms with Gasteiger partial charge < -0.3 is 15.4 Å². The Balaban J connectivity index is 2.09. The minimum absolute atomic E-state index is 0.104. The van der Waals surface area contributed by atoms with E-state index in [-0.39, 0.29) is 5.75 Å². The molecule has 2 aromatic rings. The number of guanidine groups is 1. The molecule has 0 aliphatic carbocycles. The van der Waals surface area contributed by atoms with E-state index >= 15 is 0 Å². The summed E-state index contributed by atoms with van der Waals surface area (Å²) in [5, 5.41) is 0. The minimum atomic E-state index is -2.86. The van der Waals surface area contributed by atoms with Crippen molar-refractivity contribution in [2.75, 3.05) is 13.6 Å². The number of hydrogen-bond acceptors (Lipinski definition) is 4. The maximum absolute atomic E-state index is 12.4. The second-order valence-corrected chi connectivity index (χ2v) is 6.05. The van der Waals surface area contributed by atoms with Crippen LogP contribution in [-0.4, -0.2) is 31.1 Å². The van der Waals surface area contributed by atoms with Crippen LogP contribution in [0.15, 0.2) is 53.5 Å². The molecule has 1 heterocycles. The molecule has 0 fully saturated rings. The molecule has 2 N–H and O–H groups in total. The fourth-order valence-corrected chi connectivity index (χ4v) is 3.13. The lowest BCUT2D eigenvalue weighted by atomic mass is 9.83. The monoisotopic (exact) mass is 355 g/mol. The molecule has 0 saturated carbocycles. The van der Waals surface area contributed by atoms with Crippen LogP contribution in [0.2, 0.25) is 0 Å². The SMILES string of the molecule is CC#Cc1cccc(C2(c3ccc(OC(F)F)cc3)CN(C)C(N)=N2)c1. The van der Waals surface area contributed by atoms with Crippen molar-refractivity contribution < 1.29 is 13.5 Å². The Labute approximate surface area is 151 Å². The van der Waals surface area contributed by atoms with Gasteiger partial charge in [0.25, 0.3) is 0 Å². The molecule has 3 rings (SSSR count). The smallest absolute Gasteiger partial charge is 0.387 e. The molecule has 0 bridgehead atoms. The fraction of sp³-hybridized carbons (Fsp3) is 0.250. The van der Waals surface area contributed by atoms with Crippen molar-refractivity contribution in [1.82, 2.24) is 4.90 Å². The maximum Gasteiger partial charge on any atom is 0.387 e. The summed E-state index contributed by atoms with van der Waals surface area (Å²) in [4.78, 5) is 6.58. The van der Waals surface area contributed by atoms with E-state index in [9.17, 15) is 8.78 Å². The number of rotatable bonds is 4. The number of nitrogens with zero attached hydrogens (tertiary/aromatic N) is 2. The zero-order chi connectivity index (χ0) is 18.7. The zero-order valence-corrected chi connectivity index (χ0v) is 14.5. The molecular weight excluding hydrogens is 336 g/mol. The van der Waals surface area contributed by atoms with Gasteiger partial charge in [-0.3, -0.25) is 0 Å². The number of benzene rings is 2. The molecule has 2 aromatic carbocycles. The van der Waals surface area contributed by atoms with Crippen LogP contribution in [0.25, 0.3) is 0 Å². The van der Waals surface area contributed by atoms with Gasteiger partial charge in [0.2, 0.25) is 0 Å². The van der Waals surface area contributed by atoms with Crippen LogP contribution >= 0.6 is 0 Å². The van der Waals surface area contributed by atoms with Gasteiger partial charge in [-0.25, -0.2) is 4.99 Å². The number of ether oxygens (including phenoxy) is 1. The summed E-state index contributed by atoms with van der Waals surface area (Å²) < 4.78 is 29.2. The molecule has 1 aliphatic heterocycles. The van der Waals surface area contributed by atoms with E-state index in [0.717, 1.165) is 16.7 Å². The Hall–Kier alpha value is -3.07. The predicted octanol–water partition coefficient (Wildman–Crippen LogP) is 3.16. The van der Waals surface area contributed by atoms with Gasteiger partial charge in [-0.2, -0.15) is 8.78 Å². The van der Waals surface area contributed by atoms with Gasteiger partial charge in [-0.05, 0) is 42.3 Å². The van der Waals surface area contributed by atoms with Crippen LogP contribution in [-0.2, 0) is 5.54 Å². The van der Waals surface area contributed by atoms with Crippen molar-refractivity contribution in [3.8, 4) is 17.6 Å². The van der Waals surface area contributed by atoms with E-state index < -0.39 is 12.2 Å². The van der Waals surface area contributed by atoms with E-state index in [1.54, 1.807) is 19.1 Å². The number of halogens is 2. The molecule has 0 radical (unpaired) electrons. The van der Waals surface area contributed by atoms with Crippen molar-refractivity contribution in [3.63, 3.8) is 0 Å². The Morgan fingerprint density at radius 2 is 1.92 bits per heavy atom. The highest BCUT2D eigenvalue weighted by molar-refractivity contribution is 5.81. The van der Waals surface area contributed by atoms with Gasteiger partial charge in [-0.1, -0.05) is 30.2 Å². The van der Waals surface area contributed by atoms with Crippen molar-refractivity contribution in [3.05, 3.63) is 65.2 Å². The number of likely N-dealkylation sites (N-methyl/N-ethyl adjacent to an activating group) is 1. The minimum Gasteiger partial charge on any atom is -0.435 e. The van der Waals surface area contributed by atoms with Gasteiger partial charge in [0, 0.05) is 12.6 Å². The predicted molar refractivity (Wildman–Crippen MR) is 97.1 cm³/mol. The number of nitrogens with two attached hydrogens (primary N) is 1. The lowest BCUT2D eigenvalue weighted by molar-refractivity contribution is -0.0498. The van der Waals surface area contributed by atoms with Crippen LogP contribution in [0.4, 0.5) is 8.78 Å². The third-order valence-corrected chi connectivity index (χ3v) is 4.33. The second-order valence-electron chi connectivity index (χ2n) is 6.05. The summed E-state index contributed by atoms with van der Waals surface area (Å²) in [6.45, 7) is -0.536. The Morgan fingerprint density at radius 3 is 2.50 bits per heavy atom. The lowest BCUT2D eigenvalue weighted by Gasteiger charge is -2.28. The topological polar surface area (TPSA) is 50.9 Å². The highest BCUT2D eigenvalue weighted by Gasteiger charge is 2.40. The molecule has 0 spiro atoms. The molecular formula is C20H19F2N3O. The van der Waals surface area contributed by atoms with E-state index in [1.807, 2.05) is 36.2 Å². The largest absolute Gasteiger partial charge is 0.435 e. The average Bonchev–Trinajstić information content (AvgIpc) is 2.92. The first kappa shape index (κ1) is 17.7. The van der Waals surface area contributed by atoms with Crippen molar-refractivity contribution in [2.24, 2.45) is 10.7 Å². The van der Waals surface area contributed by atoms with Crippen LogP contribution in [0.5, 0.6) is 5.75 Å². The van der Waals surface area contributed by atoms with Crippen molar-refractivity contribution in [1.29, 1.82) is 0 Å². The van der Waals surface area contributed by atoms with Gasteiger partial charge in [-0.15, -0.1) is 5.92 Å². The van der Waals surface area contributed by atoms with E-state index in [2.05, 4.69) is 16.6 Å². The first-order valence-electron chi connectivity index (χ1n) is 8.10. The molecule has 4 nitrogen and oxygen atoms in total. The molecule has 0 aromatic heterocycles. The summed E-state index contributed by atoms with van der Waals surface area (Å²) in [5.74, 6) is 6.46. The number of alkyl halides is 2. The van der Waals surface area contributed by atoms with Gasteiger partial charge in [0.15, 0.2) is 5.96 Å². The van der Waals surface area contributed by atoms with Crippen molar-refractivity contribution in [2.45, 2.75) is 19.1 Å². The molecule has 1 aliphatic rings. The Morgan fingerprint density at radius 1 is 1.19 bits per heavy atom. The van der Waals surface area contributed by atoms with Crippen LogP contribution in [0.1, 0.15) is 23.6 Å². The number of aliphatic imine (C=N–C) groups is 1.